The summed E-state index contributed by atoms with van der Waals surface area (Å²) >= 11 is 5.61. The monoisotopic (exact) mass is 277 g/mol. The number of hydrogen-bond acceptors (Lipinski definition) is 7. The van der Waals surface area contributed by atoms with Gasteiger partial charge in [-0.25, -0.2) is 4.98 Å². The lowest BCUT2D eigenvalue weighted by molar-refractivity contribution is -0.384. The summed E-state index contributed by atoms with van der Waals surface area (Å²) < 4.78 is 0. The second kappa shape index (κ2) is 5.91. The van der Waals surface area contributed by atoms with Crippen LogP contribution in [-0.4, -0.2) is 50.6 Å². The van der Waals surface area contributed by atoms with Crippen LogP contribution in [0.3, 0.4) is 0 Å². The minimum absolute atomic E-state index is 0.0219. The molecular formula is C9H12ClN3O5. The van der Waals surface area contributed by atoms with Crippen LogP contribution in [0.4, 0.5) is 11.5 Å². The second-order valence-electron chi connectivity index (χ2n) is 3.67. The summed E-state index contributed by atoms with van der Waals surface area (Å²) in [4.78, 5) is 13.7. The van der Waals surface area contributed by atoms with Gasteiger partial charge < -0.3 is 20.6 Å². The summed E-state index contributed by atoms with van der Waals surface area (Å²) in [5, 5.41) is 40.4. The van der Waals surface area contributed by atoms with E-state index >= 15 is 0 Å². The lowest BCUT2D eigenvalue weighted by Gasteiger charge is -2.29. The Morgan fingerprint density at radius 1 is 1.33 bits per heavy atom. The van der Waals surface area contributed by atoms with Crippen LogP contribution in [0.5, 0.6) is 0 Å². The first-order valence-corrected chi connectivity index (χ1v) is 5.27. The smallest absolute Gasteiger partial charge is 0.276 e. The first kappa shape index (κ1) is 14.6. The summed E-state index contributed by atoms with van der Waals surface area (Å²) in [5.41, 5.74) is -1.72. The topological polar surface area (TPSA) is 129 Å². The van der Waals surface area contributed by atoms with Crippen LogP contribution < -0.4 is 5.32 Å². The standard InChI is InChI=1S/C9H12ClN3O5/c10-7-1-6(13(17)18)2-8(11-7)12-9(3-14,4-15)5-16/h1-2,14-16H,3-5H2,(H,11,12). The largest absolute Gasteiger partial charge is 0.394 e. The van der Waals surface area contributed by atoms with Gasteiger partial charge in [0.1, 0.15) is 16.5 Å². The van der Waals surface area contributed by atoms with Gasteiger partial charge in [0.05, 0.1) is 36.9 Å². The fourth-order valence-corrected chi connectivity index (χ4v) is 1.40. The van der Waals surface area contributed by atoms with Gasteiger partial charge in [0, 0.05) is 0 Å². The number of aromatic nitrogens is 1. The zero-order valence-electron chi connectivity index (χ0n) is 9.21. The first-order chi connectivity index (χ1) is 8.46. The van der Waals surface area contributed by atoms with Gasteiger partial charge in [-0.15, -0.1) is 0 Å². The summed E-state index contributed by atoms with van der Waals surface area (Å²) in [6.07, 6.45) is 0. The number of rotatable bonds is 6. The molecule has 1 rings (SSSR count). The number of aliphatic hydroxyl groups excluding tert-OH is 3. The molecule has 8 nitrogen and oxygen atoms in total. The van der Waals surface area contributed by atoms with Crippen molar-refractivity contribution in [1.29, 1.82) is 0 Å². The van der Waals surface area contributed by atoms with Crippen molar-refractivity contribution in [2.24, 2.45) is 0 Å². The maximum atomic E-state index is 10.6. The predicted octanol–water partition coefficient (Wildman–Crippen LogP) is -0.229. The molecule has 1 aromatic heterocycles. The molecule has 0 saturated carbocycles. The molecule has 0 unspecified atom stereocenters. The van der Waals surface area contributed by atoms with Gasteiger partial charge >= 0.3 is 0 Å². The van der Waals surface area contributed by atoms with E-state index in [1.165, 1.54) is 0 Å². The Morgan fingerprint density at radius 3 is 2.33 bits per heavy atom. The number of pyridine rings is 1. The zero-order chi connectivity index (χ0) is 13.8. The van der Waals surface area contributed by atoms with Gasteiger partial charge in [0.25, 0.3) is 5.69 Å². The molecular weight excluding hydrogens is 266 g/mol. The van der Waals surface area contributed by atoms with E-state index in [9.17, 15) is 10.1 Å². The van der Waals surface area contributed by atoms with Gasteiger partial charge in [-0.3, -0.25) is 10.1 Å². The van der Waals surface area contributed by atoms with E-state index in [-0.39, 0.29) is 16.7 Å². The highest BCUT2D eigenvalue weighted by Gasteiger charge is 2.29. The van der Waals surface area contributed by atoms with Gasteiger partial charge in [-0.2, -0.15) is 0 Å². The fourth-order valence-electron chi connectivity index (χ4n) is 1.19. The van der Waals surface area contributed by atoms with E-state index in [0.717, 1.165) is 12.1 Å². The quantitative estimate of drug-likeness (QED) is 0.321. The number of halogens is 1. The Morgan fingerprint density at radius 2 is 1.89 bits per heavy atom. The highest BCUT2D eigenvalue weighted by atomic mass is 35.5. The molecule has 0 aromatic carbocycles. The molecule has 0 aliphatic rings. The van der Waals surface area contributed by atoms with Crippen LogP contribution in [0.25, 0.3) is 0 Å². The van der Waals surface area contributed by atoms with Crippen molar-refractivity contribution in [1.82, 2.24) is 4.98 Å². The van der Waals surface area contributed by atoms with Crippen LogP contribution in [0.15, 0.2) is 12.1 Å². The van der Waals surface area contributed by atoms with E-state index in [0.29, 0.717) is 0 Å². The predicted molar refractivity (Wildman–Crippen MR) is 63.5 cm³/mol. The molecule has 0 aliphatic carbocycles. The summed E-state index contributed by atoms with van der Waals surface area (Å²) in [7, 11) is 0. The molecule has 0 fully saturated rings. The third-order valence-corrected chi connectivity index (χ3v) is 2.48. The van der Waals surface area contributed by atoms with E-state index in [1.807, 2.05) is 0 Å². The van der Waals surface area contributed by atoms with E-state index in [1.54, 1.807) is 0 Å². The molecule has 0 saturated heterocycles. The van der Waals surface area contributed by atoms with Crippen molar-refractivity contribution in [2.45, 2.75) is 5.54 Å². The van der Waals surface area contributed by atoms with Crippen molar-refractivity contribution in [3.05, 3.63) is 27.4 Å². The molecule has 0 bridgehead atoms. The highest BCUT2D eigenvalue weighted by molar-refractivity contribution is 6.29. The average molecular weight is 278 g/mol. The van der Waals surface area contributed by atoms with Gasteiger partial charge in [0.15, 0.2) is 0 Å². The lowest BCUT2D eigenvalue weighted by atomic mass is 10.0. The summed E-state index contributed by atoms with van der Waals surface area (Å²) in [6, 6.07) is 2.15. The molecule has 1 aromatic rings. The number of anilines is 1. The van der Waals surface area contributed by atoms with Crippen LogP contribution in [0, 0.1) is 10.1 Å². The molecule has 1 heterocycles. The van der Waals surface area contributed by atoms with E-state index < -0.39 is 30.3 Å². The molecule has 4 N–H and O–H groups in total. The molecule has 18 heavy (non-hydrogen) atoms. The van der Waals surface area contributed by atoms with Crippen LogP contribution in [0.1, 0.15) is 0 Å². The molecule has 0 amide bonds. The molecule has 0 spiro atoms. The van der Waals surface area contributed by atoms with Gasteiger partial charge in [-0.1, -0.05) is 11.6 Å². The third-order valence-electron chi connectivity index (χ3n) is 2.29. The number of nitrogens with zero attached hydrogens (tertiary/aromatic N) is 2. The minimum Gasteiger partial charge on any atom is -0.394 e. The maximum absolute atomic E-state index is 10.6. The van der Waals surface area contributed by atoms with Crippen LogP contribution in [-0.2, 0) is 0 Å². The van der Waals surface area contributed by atoms with Crippen LogP contribution in [0.2, 0.25) is 5.15 Å². The Balaban J connectivity index is 3.06. The highest BCUT2D eigenvalue weighted by Crippen LogP contribution is 2.22. The first-order valence-electron chi connectivity index (χ1n) is 4.89. The van der Waals surface area contributed by atoms with E-state index in [2.05, 4.69) is 10.3 Å². The van der Waals surface area contributed by atoms with Gasteiger partial charge in [-0.05, 0) is 0 Å². The van der Waals surface area contributed by atoms with Crippen molar-refractivity contribution in [3.8, 4) is 0 Å². The maximum Gasteiger partial charge on any atom is 0.276 e. The van der Waals surface area contributed by atoms with Crippen molar-refractivity contribution in [2.75, 3.05) is 25.1 Å². The molecule has 9 heteroatoms. The van der Waals surface area contributed by atoms with Crippen molar-refractivity contribution < 1.29 is 20.2 Å². The molecule has 0 atom stereocenters. The molecule has 100 valence electrons. The molecule has 0 radical (unpaired) electrons. The Kier molecular flexibility index (Phi) is 4.79. The Labute approximate surface area is 107 Å². The SMILES string of the molecule is O=[N+]([O-])c1cc(Cl)nc(NC(CO)(CO)CO)c1. The summed E-state index contributed by atoms with van der Waals surface area (Å²) in [6.45, 7) is -1.74. The Bertz CT molecular complexity index is 430. The number of aliphatic hydroxyl groups is 3. The Hall–Kier alpha value is -1.48. The lowest BCUT2D eigenvalue weighted by Crippen LogP contribution is -2.49. The van der Waals surface area contributed by atoms with Crippen molar-refractivity contribution in [3.63, 3.8) is 0 Å². The number of nitro groups is 1. The number of hydrogen-bond donors (Lipinski definition) is 4. The van der Waals surface area contributed by atoms with Gasteiger partial charge in [0.2, 0.25) is 0 Å². The number of nitrogens with one attached hydrogen (secondary N) is 1. The van der Waals surface area contributed by atoms with Crippen molar-refractivity contribution >= 4 is 23.1 Å². The zero-order valence-corrected chi connectivity index (χ0v) is 9.96. The van der Waals surface area contributed by atoms with Crippen LogP contribution >= 0.6 is 11.6 Å². The minimum atomic E-state index is -1.43. The average Bonchev–Trinajstić information content (AvgIpc) is 2.35. The summed E-state index contributed by atoms with van der Waals surface area (Å²) in [5.74, 6) is -0.0219. The third kappa shape index (κ3) is 3.26. The second-order valence-corrected chi connectivity index (χ2v) is 4.06. The normalized spacial score (nSPS) is 11.3. The fraction of sp³-hybridized carbons (Fsp3) is 0.444. The van der Waals surface area contributed by atoms with E-state index in [4.69, 9.17) is 26.9 Å². The molecule has 0 aliphatic heterocycles.